The number of ether oxygens (including phenoxy) is 1. The normalized spacial score (nSPS) is 46.7. The van der Waals surface area contributed by atoms with Gasteiger partial charge in [-0.2, -0.15) is 10.5 Å². The molecule has 0 aromatic heterocycles. The summed E-state index contributed by atoms with van der Waals surface area (Å²) in [5.74, 6) is -0.189. The first kappa shape index (κ1) is 6.64. The van der Waals surface area contributed by atoms with Crippen molar-refractivity contribution in [3.63, 3.8) is 0 Å². The van der Waals surface area contributed by atoms with E-state index in [-0.39, 0.29) is 12.0 Å². The van der Waals surface area contributed by atoms with E-state index in [0.29, 0.717) is 0 Å². The van der Waals surface area contributed by atoms with Gasteiger partial charge in [0.25, 0.3) is 0 Å². The van der Waals surface area contributed by atoms with Gasteiger partial charge in [0.05, 0.1) is 24.2 Å². The van der Waals surface area contributed by atoms with Crippen molar-refractivity contribution in [2.45, 2.75) is 31.0 Å². The summed E-state index contributed by atoms with van der Waals surface area (Å²) in [5, 5.41) is 17.5. The average Bonchev–Trinajstić information content (AvgIpc) is 2.60. The van der Waals surface area contributed by atoms with E-state index in [1.54, 1.807) is 0 Å². The SMILES string of the molecule is N#CC1CC2CCC1(C#N)O2. The summed E-state index contributed by atoms with van der Waals surface area (Å²) in [7, 11) is 0. The molecule has 0 aromatic rings. The number of hydrogen-bond acceptors (Lipinski definition) is 3. The van der Waals surface area contributed by atoms with Crippen molar-refractivity contribution in [3.8, 4) is 12.1 Å². The van der Waals surface area contributed by atoms with Crippen LogP contribution in [0.5, 0.6) is 0 Å². The lowest BCUT2D eigenvalue weighted by molar-refractivity contribution is 0.0462. The van der Waals surface area contributed by atoms with Crippen molar-refractivity contribution in [2.75, 3.05) is 0 Å². The molecule has 2 bridgehead atoms. The van der Waals surface area contributed by atoms with E-state index >= 15 is 0 Å². The van der Waals surface area contributed by atoms with Crippen LogP contribution in [0.4, 0.5) is 0 Å². The molecule has 0 spiro atoms. The van der Waals surface area contributed by atoms with Gasteiger partial charge < -0.3 is 4.74 Å². The third-order valence-electron chi connectivity index (χ3n) is 2.62. The van der Waals surface area contributed by atoms with E-state index in [2.05, 4.69) is 12.1 Å². The average molecular weight is 148 g/mol. The molecular weight excluding hydrogens is 140 g/mol. The van der Waals surface area contributed by atoms with Crippen LogP contribution in [0, 0.1) is 28.6 Å². The summed E-state index contributed by atoms with van der Waals surface area (Å²) in [6, 6.07) is 4.26. The summed E-state index contributed by atoms with van der Waals surface area (Å²) >= 11 is 0. The van der Waals surface area contributed by atoms with Gasteiger partial charge in [-0.05, 0) is 19.3 Å². The van der Waals surface area contributed by atoms with E-state index in [0.717, 1.165) is 19.3 Å². The summed E-state index contributed by atoms with van der Waals surface area (Å²) in [6.45, 7) is 0. The lowest BCUT2D eigenvalue weighted by Crippen LogP contribution is -2.30. The zero-order chi connectivity index (χ0) is 7.90. The fraction of sp³-hybridized carbons (Fsp3) is 0.750. The zero-order valence-corrected chi connectivity index (χ0v) is 6.08. The van der Waals surface area contributed by atoms with Crippen molar-refractivity contribution >= 4 is 0 Å². The zero-order valence-electron chi connectivity index (χ0n) is 6.08. The van der Waals surface area contributed by atoms with E-state index in [1.807, 2.05) is 0 Å². The highest BCUT2D eigenvalue weighted by molar-refractivity contribution is 5.20. The van der Waals surface area contributed by atoms with E-state index in [4.69, 9.17) is 15.3 Å². The number of fused-ring (bicyclic) bond motifs is 2. The molecule has 56 valence electrons. The summed E-state index contributed by atoms with van der Waals surface area (Å²) in [6.07, 6.45) is 2.63. The first-order chi connectivity index (χ1) is 5.30. The van der Waals surface area contributed by atoms with E-state index in [9.17, 15) is 0 Å². The Balaban J connectivity index is 2.32. The van der Waals surface area contributed by atoms with Gasteiger partial charge >= 0.3 is 0 Å². The quantitative estimate of drug-likeness (QED) is 0.514. The third-order valence-corrected chi connectivity index (χ3v) is 2.62. The molecule has 3 atom stereocenters. The predicted molar refractivity (Wildman–Crippen MR) is 36.2 cm³/mol. The van der Waals surface area contributed by atoms with Gasteiger partial charge in [-0.25, -0.2) is 0 Å². The third kappa shape index (κ3) is 0.692. The molecule has 0 radical (unpaired) electrons. The first-order valence-electron chi connectivity index (χ1n) is 3.79. The minimum atomic E-state index is -0.737. The minimum absolute atomic E-state index is 0.180. The molecule has 0 amide bonds. The lowest BCUT2D eigenvalue weighted by atomic mass is 9.80. The Morgan fingerprint density at radius 2 is 2.27 bits per heavy atom. The smallest absolute Gasteiger partial charge is 0.170 e. The molecule has 2 saturated heterocycles. The maximum atomic E-state index is 8.82. The van der Waals surface area contributed by atoms with Gasteiger partial charge in [-0.1, -0.05) is 0 Å². The molecule has 0 aliphatic carbocycles. The Morgan fingerprint density at radius 1 is 1.45 bits per heavy atom. The van der Waals surface area contributed by atoms with Gasteiger partial charge in [-0.3, -0.25) is 0 Å². The molecular formula is C8H8N2O. The van der Waals surface area contributed by atoms with Gasteiger partial charge in [0.1, 0.15) is 0 Å². The maximum absolute atomic E-state index is 8.82. The number of hydrogen-bond donors (Lipinski definition) is 0. The Kier molecular flexibility index (Phi) is 1.19. The highest BCUT2D eigenvalue weighted by atomic mass is 16.5. The van der Waals surface area contributed by atoms with Crippen LogP contribution in [-0.4, -0.2) is 11.7 Å². The number of nitrogens with zero attached hydrogens (tertiary/aromatic N) is 2. The van der Waals surface area contributed by atoms with Crippen LogP contribution in [0.1, 0.15) is 19.3 Å². The van der Waals surface area contributed by atoms with Gasteiger partial charge in [0.2, 0.25) is 0 Å². The van der Waals surface area contributed by atoms with E-state index < -0.39 is 5.60 Å². The maximum Gasteiger partial charge on any atom is 0.170 e. The van der Waals surface area contributed by atoms with Crippen LogP contribution < -0.4 is 0 Å². The van der Waals surface area contributed by atoms with Crippen molar-refractivity contribution in [3.05, 3.63) is 0 Å². The van der Waals surface area contributed by atoms with Crippen LogP contribution in [0.3, 0.4) is 0 Å². The monoisotopic (exact) mass is 148 g/mol. The summed E-state index contributed by atoms with van der Waals surface area (Å²) < 4.78 is 5.43. The molecule has 11 heavy (non-hydrogen) atoms. The molecule has 3 nitrogen and oxygen atoms in total. The molecule has 3 heteroatoms. The highest BCUT2D eigenvalue weighted by Gasteiger charge is 2.54. The van der Waals surface area contributed by atoms with E-state index in [1.165, 1.54) is 0 Å². The van der Waals surface area contributed by atoms with Gasteiger partial charge in [0, 0.05) is 0 Å². The Labute approximate surface area is 65.2 Å². The molecule has 2 rings (SSSR count). The predicted octanol–water partition coefficient (Wildman–Crippen LogP) is 0.971. The van der Waals surface area contributed by atoms with Crippen LogP contribution in [0.2, 0.25) is 0 Å². The molecule has 2 aliphatic rings. The molecule has 0 aromatic carbocycles. The second-order valence-corrected chi connectivity index (χ2v) is 3.20. The largest absolute Gasteiger partial charge is 0.355 e. The van der Waals surface area contributed by atoms with Crippen molar-refractivity contribution in [1.29, 1.82) is 10.5 Å². The van der Waals surface area contributed by atoms with Gasteiger partial charge in [0.15, 0.2) is 5.60 Å². The first-order valence-corrected chi connectivity index (χ1v) is 3.79. The molecule has 0 saturated carbocycles. The molecule has 3 unspecified atom stereocenters. The Hall–Kier alpha value is -1.06. The molecule has 0 N–H and O–H groups in total. The fourth-order valence-electron chi connectivity index (χ4n) is 1.98. The molecule has 2 heterocycles. The second-order valence-electron chi connectivity index (χ2n) is 3.20. The Bertz CT molecular complexity index is 262. The fourth-order valence-corrected chi connectivity index (χ4v) is 1.98. The minimum Gasteiger partial charge on any atom is -0.355 e. The van der Waals surface area contributed by atoms with Crippen LogP contribution in [0.25, 0.3) is 0 Å². The van der Waals surface area contributed by atoms with Crippen LogP contribution in [0.15, 0.2) is 0 Å². The van der Waals surface area contributed by atoms with Crippen LogP contribution >= 0.6 is 0 Å². The Morgan fingerprint density at radius 3 is 2.73 bits per heavy atom. The summed E-state index contributed by atoms with van der Waals surface area (Å²) in [4.78, 5) is 0. The second kappa shape index (κ2) is 1.96. The number of rotatable bonds is 0. The topological polar surface area (TPSA) is 56.8 Å². The van der Waals surface area contributed by atoms with Crippen molar-refractivity contribution < 1.29 is 4.74 Å². The molecule has 2 fully saturated rings. The van der Waals surface area contributed by atoms with Crippen molar-refractivity contribution in [1.82, 2.24) is 0 Å². The molecule has 2 aliphatic heterocycles. The van der Waals surface area contributed by atoms with Crippen molar-refractivity contribution in [2.24, 2.45) is 5.92 Å². The van der Waals surface area contributed by atoms with Crippen LogP contribution in [-0.2, 0) is 4.74 Å². The van der Waals surface area contributed by atoms with Gasteiger partial charge in [-0.15, -0.1) is 0 Å². The standard InChI is InChI=1S/C8H8N2O/c9-4-6-3-7-1-2-8(6,5-10)11-7/h6-7H,1-3H2. The number of nitriles is 2. The lowest BCUT2D eigenvalue weighted by Gasteiger charge is -2.18. The highest BCUT2D eigenvalue weighted by Crippen LogP contribution is 2.46. The summed E-state index contributed by atoms with van der Waals surface area (Å²) in [5.41, 5.74) is -0.737.